The van der Waals surface area contributed by atoms with E-state index in [-0.39, 0.29) is 0 Å². The van der Waals surface area contributed by atoms with E-state index in [0.29, 0.717) is 0 Å². The van der Waals surface area contributed by atoms with E-state index in [9.17, 15) is 0 Å². The lowest BCUT2D eigenvalue weighted by molar-refractivity contribution is 0.335. The van der Waals surface area contributed by atoms with Gasteiger partial charge in [0.2, 0.25) is 0 Å². The summed E-state index contributed by atoms with van der Waals surface area (Å²) in [6.45, 7) is 3.01. The largest absolute Gasteiger partial charge is 0.408 e. The highest BCUT2D eigenvalue weighted by Gasteiger charge is 1.80. The molecule has 0 fully saturated rings. The maximum Gasteiger partial charge on any atom is 0.258 e. The molecular formula is C4H11ClOSi. The third kappa shape index (κ3) is 6.47. The molecule has 1 nitrogen and oxygen atoms in total. The molecule has 0 atom stereocenters. The van der Waals surface area contributed by atoms with Crippen molar-refractivity contribution >= 4 is 20.2 Å². The molecule has 0 aromatic heterocycles. The van der Waals surface area contributed by atoms with E-state index in [1.165, 1.54) is 6.42 Å². The summed E-state index contributed by atoms with van der Waals surface area (Å²) in [5.74, 6) is 0. The van der Waals surface area contributed by atoms with Crippen LogP contribution in [0.15, 0.2) is 0 Å². The van der Waals surface area contributed by atoms with Gasteiger partial charge < -0.3 is 4.43 Å². The summed E-state index contributed by atoms with van der Waals surface area (Å²) in [6, 6.07) is 0. The van der Waals surface area contributed by atoms with Crippen molar-refractivity contribution in [2.24, 2.45) is 0 Å². The van der Waals surface area contributed by atoms with Gasteiger partial charge in [-0.3, -0.25) is 0 Å². The highest BCUT2D eigenvalue weighted by atomic mass is 35.6. The number of hydrogen-bond donors (Lipinski definition) is 0. The van der Waals surface area contributed by atoms with Crippen LogP contribution in [0, 0.1) is 0 Å². The van der Waals surface area contributed by atoms with Crippen LogP contribution in [0.3, 0.4) is 0 Å². The summed E-state index contributed by atoms with van der Waals surface area (Å²) in [5, 5.41) is 0. The Morgan fingerprint density at radius 2 is 2.43 bits per heavy atom. The van der Waals surface area contributed by atoms with Crippen LogP contribution in [0.1, 0.15) is 19.8 Å². The van der Waals surface area contributed by atoms with Crippen LogP contribution in [-0.2, 0) is 4.43 Å². The summed E-state index contributed by atoms with van der Waals surface area (Å²) in [5.41, 5.74) is 0. The summed E-state index contributed by atoms with van der Waals surface area (Å²) < 4.78 is 4.98. The van der Waals surface area contributed by atoms with Gasteiger partial charge in [0.25, 0.3) is 9.07 Å². The van der Waals surface area contributed by atoms with Gasteiger partial charge in [-0.2, -0.15) is 0 Å². The van der Waals surface area contributed by atoms with Gasteiger partial charge in [-0.05, 0) is 6.42 Å². The average molecular weight is 139 g/mol. The molecule has 0 bridgehead atoms. The van der Waals surface area contributed by atoms with Crippen molar-refractivity contribution in [3.05, 3.63) is 0 Å². The molecule has 0 rings (SSSR count). The summed E-state index contributed by atoms with van der Waals surface area (Å²) >= 11 is 5.35. The van der Waals surface area contributed by atoms with Crippen LogP contribution < -0.4 is 0 Å². The Morgan fingerprint density at radius 1 is 1.71 bits per heavy atom. The van der Waals surface area contributed by atoms with Crippen molar-refractivity contribution in [3.63, 3.8) is 0 Å². The smallest absolute Gasteiger partial charge is 0.258 e. The normalized spacial score (nSPS) is 11.1. The van der Waals surface area contributed by atoms with E-state index in [0.717, 1.165) is 13.0 Å². The van der Waals surface area contributed by atoms with Crippen LogP contribution in [0.2, 0.25) is 0 Å². The molecule has 0 N–H and O–H groups in total. The predicted octanol–water partition coefficient (Wildman–Crippen LogP) is 1.04. The number of hydrogen-bond acceptors (Lipinski definition) is 1. The first-order valence-corrected chi connectivity index (χ1v) is 5.27. The van der Waals surface area contributed by atoms with Crippen LogP contribution in [-0.4, -0.2) is 15.7 Å². The zero-order valence-corrected chi connectivity index (χ0v) is 6.78. The van der Waals surface area contributed by atoms with Crippen molar-refractivity contribution in [3.8, 4) is 0 Å². The minimum atomic E-state index is -0.634. The van der Waals surface area contributed by atoms with Crippen molar-refractivity contribution in [1.82, 2.24) is 0 Å². The van der Waals surface area contributed by atoms with Gasteiger partial charge >= 0.3 is 0 Å². The molecule has 0 aromatic carbocycles. The Kier molecular flexibility index (Phi) is 6.90. The van der Waals surface area contributed by atoms with Gasteiger partial charge in [0, 0.05) is 6.61 Å². The number of rotatable bonds is 4. The fourth-order valence-electron chi connectivity index (χ4n) is 0.301. The van der Waals surface area contributed by atoms with Gasteiger partial charge in [0.05, 0.1) is 0 Å². The highest BCUT2D eigenvalue weighted by molar-refractivity contribution is 6.89. The van der Waals surface area contributed by atoms with E-state index in [1.807, 2.05) is 0 Å². The molecule has 0 saturated carbocycles. The van der Waals surface area contributed by atoms with E-state index in [4.69, 9.17) is 15.5 Å². The molecule has 0 saturated heterocycles. The average Bonchev–Trinajstić information content (AvgIpc) is 1.69. The van der Waals surface area contributed by atoms with Crippen LogP contribution in [0.5, 0.6) is 0 Å². The van der Waals surface area contributed by atoms with Crippen LogP contribution in [0.25, 0.3) is 0 Å². The zero-order valence-electron chi connectivity index (χ0n) is 4.61. The van der Waals surface area contributed by atoms with E-state index < -0.39 is 9.07 Å². The SMILES string of the molecule is CCCCO[SiH2]Cl. The third-order valence-corrected chi connectivity index (χ3v) is 1.63. The van der Waals surface area contributed by atoms with Crippen molar-refractivity contribution in [2.75, 3.05) is 6.61 Å². The van der Waals surface area contributed by atoms with Crippen LogP contribution in [0.4, 0.5) is 0 Å². The number of unbranched alkanes of at least 4 members (excludes halogenated alkanes) is 1. The van der Waals surface area contributed by atoms with Crippen molar-refractivity contribution < 1.29 is 4.43 Å². The van der Waals surface area contributed by atoms with Crippen LogP contribution >= 0.6 is 11.1 Å². The second-order valence-electron chi connectivity index (χ2n) is 1.37. The minimum absolute atomic E-state index is 0.634. The second-order valence-corrected chi connectivity index (χ2v) is 2.65. The first-order chi connectivity index (χ1) is 3.41. The quantitative estimate of drug-likeness (QED) is 0.321. The topological polar surface area (TPSA) is 9.23 Å². The molecule has 44 valence electrons. The fourth-order valence-corrected chi connectivity index (χ4v) is 0.942. The van der Waals surface area contributed by atoms with Gasteiger partial charge in [-0.15, -0.1) is 11.1 Å². The van der Waals surface area contributed by atoms with Crippen molar-refractivity contribution in [1.29, 1.82) is 0 Å². The Morgan fingerprint density at radius 3 is 2.86 bits per heavy atom. The molecule has 7 heavy (non-hydrogen) atoms. The molecule has 0 spiro atoms. The minimum Gasteiger partial charge on any atom is -0.408 e. The molecule has 0 aliphatic rings. The summed E-state index contributed by atoms with van der Waals surface area (Å²) in [4.78, 5) is 0. The maximum absolute atomic E-state index is 5.35. The highest BCUT2D eigenvalue weighted by Crippen LogP contribution is 1.86. The Hall–Kier alpha value is 0.467. The molecule has 0 heterocycles. The standard InChI is InChI=1S/C4H11ClOSi/c1-2-3-4-6-7-5/h2-4,7H2,1H3. The molecule has 0 radical (unpaired) electrons. The van der Waals surface area contributed by atoms with E-state index in [2.05, 4.69) is 6.92 Å². The third-order valence-electron chi connectivity index (χ3n) is 0.719. The predicted molar refractivity (Wildman–Crippen MR) is 35.3 cm³/mol. The van der Waals surface area contributed by atoms with Crippen molar-refractivity contribution in [2.45, 2.75) is 19.8 Å². The first-order valence-electron chi connectivity index (χ1n) is 2.55. The first kappa shape index (κ1) is 7.47. The van der Waals surface area contributed by atoms with Gasteiger partial charge in [0.15, 0.2) is 0 Å². The zero-order chi connectivity index (χ0) is 5.54. The molecule has 0 unspecified atom stereocenters. The molecule has 0 amide bonds. The van der Waals surface area contributed by atoms with E-state index in [1.54, 1.807) is 0 Å². The Bertz CT molecular complexity index is 30.9. The lowest BCUT2D eigenvalue weighted by Crippen LogP contribution is -1.92. The summed E-state index contributed by atoms with van der Waals surface area (Å²) in [6.07, 6.45) is 2.35. The number of halogens is 1. The van der Waals surface area contributed by atoms with Gasteiger partial charge in [0.1, 0.15) is 0 Å². The summed E-state index contributed by atoms with van der Waals surface area (Å²) in [7, 11) is -0.634. The Balaban J connectivity index is 2.45. The fraction of sp³-hybridized carbons (Fsp3) is 1.00. The second kappa shape index (κ2) is 6.47. The lowest BCUT2D eigenvalue weighted by Gasteiger charge is -1.93. The van der Waals surface area contributed by atoms with Gasteiger partial charge in [-0.1, -0.05) is 13.3 Å². The molecule has 0 aliphatic heterocycles. The van der Waals surface area contributed by atoms with Gasteiger partial charge in [-0.25, -0.2) is 0 Å². The Labute approximate surface area is 51.7 Å². The monoisotopic (exact) mass is 138 g/mol. The molecular weight excluding hydrogens is 128 g/mol. The lowest BCUT2D eigenvalue weighted by atomic mass is 10.4. The molecule has 0 aromatic rings. The maximum atomic E-state index is 5.35. The molecule has 3 heteroatoms. The molecule has 0 aliphatic carbocycles. The van der Waals surface area contributed by atoms with E-state index >= 15 is 0 Å².